The Bertz CT molecular complexity index is 871. The van der Waals surface area contributed by atoms with Crippen molar-refractivity contribution in [3.8, 4) is 5.75 Å². The zero-order valence-electron chi connectivity index (χ0n) is 17.2. The monoisotopic (exact) mass is 438 g/mol. The lowest BCUT2D eigenvalue weighted by Crippen LogP contribution is -2.47. The molecule has 0 unspecified atom stereocenters. The molecule has 0 bridgehead atoms. The molecule has 1 aromatic carbocycles. The Hall–Kier alpha value is -3.01. The molecule has 1 aliphatic heterocycles. The molecule has 31 heavy (non-hydrogen) atoms. The molecule has 1 saturated heterocycles. The summed E-state index contributed by atoms with van der Waals surface area (Å²) in [6, 6.07) is 9.14. The number of para-hydroxylation sites is 2. The fourth-order valence-corrected chi connectivity index (χ4v) is 3.23. The van der Waals surface area contributed by atoms with Crippen molar-refractivity contribution < 1.29 is 27.4 Å². The van der Waals surface area contributed by atoms with Crippen LogP contribution in [0, 0.1) is 0 Å². The van der Waals surface area contributed by atoms with Gasteiger partial charge in [-0.15, -0.1) is 0 Å². The van der Waals surface area contributed by atoms with Gasteiger partial charge in [-0.25, -0.2) is 9.78 Å². The van der Waals surface area contributed by atoms with Gasteiger partial charge in [-0.3, -0.25) is 10.2 Å². The number of carbonyl (C=O) groups excluding carboxylic acids is 1. The van der Waals surface area contributed by atoms with Gasteiger partial charge in [0, 0.05) is 38.9 Å². The van der Waals surface area contributed by atoms with Crippen LogP contribution in [0.4, 0.5) is 29.5 Å². The highest BCUT2D eigenvalue weighted by molar-refractivity contribution is 5.86. The third-order valence-corrected chi connectivity index (χ3v) is 4.83. The molecule has 1 N–H and O–H groups in total. The second-order valence-corrected chi connectivity index (χ2v) is 6.92. The van der Waals surface area contributed by atoms with E-state index >= 15 is 0 Å². The van der Waals surface area contributed by atoms with Crippen molar-refractivity contribution in [3.63, 3.8) is 0 Å². The largest absolute Gasteiger partial charge is 0.492 e. The summed E-state index contributed by atoms with van der Waals surface area (Å²) in [5.41, 5.74) is -0.165. The minimum absolute atomic E-state index is 0.199. The van der Waals surface area contributed by atoms with Crippen LogP contribution in [0.2, 0.25) is 0 Å². The molecule has 0 spiro atoms. The number of aromatic nitrogens is 1. The highest BCUT2D eigenvalue weighted by atomic mass is 19.4. The maximum atomic E-state index is 12.9. The van der Waals surface area contributed by atoms with Gasteiger partial charge in [0.05, 0.1) is 17.9 Å². The number of benzene rings is 1. The molecule has 1 aromatic heterocycles. The Labute approximate surface area is 178 Å². The quantitative estimate of drug-likeness (QED) is 0.708. The Balaban J connectivity index is 1.41. The van der Waals surface area contributed by atoms with E-state index < -0.39 is 17.8 Å². The van der Waals surface area contributed by atoms with Crippen molar-refractivity contribution >= 4 is 17.6 Å². The first-order valence-electron chi connectivity index (χ1n) is 10.0. The number of alkyl halides is 3. The van der Waals surface area contributed by atoms with E-state index in [2.05, 4.69) is 15.2 Å². The minimum atomic E-state index is -4.39. The topological polar surface area (TPSA) is 66.9 Å². The molecule has 0 radical (unpaired) electrons. The summed E-state index contributed by atoms with van der Waals surface area (Å²) in [5, 5.41) is 2.67. The number of carbonyl (C=O) groups is 1. The van der Waals surface area contributed by atoms with Crippen molar-refractivity contribution in [2.24, 2.45) is 0 Å². The summed E-state index contributed by atoms with van der Waals surface area (Å²) in [6.07, 6.45) is -3.78. The van der Waals surface area contributed by atoms with Crippen LogP contribution >= 0.6 is 0 Å². The highest BCUT2D eigenvalue weighted by Crippen LogP contribution is 2.31. The maximum Gasteiger partial charge on any atom is 0.416 e. The molecule has 3 rings (SSSR count). The molecule has 2 heterocycles. The Morgan fingerprint density at radius 3 is 2.61 bits per heavy atom. The van der Waals surface area contributed by atoms with Crippen LogP contribution < -0.4 is 15.0 Å². The molecule has 0 saturated carbocycles. The maximum absolute atomic E-state index is 12.9. The predicted molar refractivity (Wildman–Crippen MR) is 110 cm³/mol. The molecule has 0 atom stereocenters. The second kappa shape index (κ2) is 10.3. The Morgan fingerprint density at radius 2 is 1.90 bits per heavy atom. The van der Waals surface area contributed by atoms with E-state index in [1.807, 2.05) is 17.9 Å². The number of ether oxygens (including phenoxy) is 2. The summed E-state index contributed by atoms with van der Waals surface area (Å²) in [5.74, 6) is 0.888. The first-order valence-corrected chi connectivity index (χ1v) is 10.0. The number of amides is 1. The van der Waals surface area contributed by atoms with Crippen LogP contribution in [0.5, 0.6) is 5.75 Å². The third-order valence-electron chi connectivity index (χ3n) is 4.83. The summed E-state index contributed by atoms with van der Waals surface area (Å²) in [7, 11) is 0. The van der Waals surface area contributed by atoms with Crippen LogP contribution in [0.15, 0.2) is 42.6 Å². The SMILES string of the molecule is CCOc1ccccc1NC(=O)OCCN1CCN(c2cc(C(F)(F)F)ccn2)CC1. The number of nitrogens with one attached hydrogen (secondary N) is 1. The smallest absolute Gasteiger partial charge is 0.416 e. The fourth-order valence-electron chi connectivity index (χ4n) is 3.23. The van der Waals surface area contributed by atoms with Crippen LogP contribution in [-0.2, 0) is 10.9 Å². The first-order chi connectivity index (χ1) is 14.9. The van der Waals surface area contributed by atoms with Gasteiger partial charge in [-0.2, -0.15) is 13.2 Å². The van der Waals surface area contributed by atoms with E-state index in [0.717, 1.165) is 12.1 Å². The summed E-state index contributed by atoms with van der Waals surface area (Å²) in [4.78, 5) is 20.0. The van der Waals surface area contributed by atoms with Gasteiger partial charge in [0.2, 0.25) is 0 Å². The average molecular weight is 438 g/mol. The lowest BCUT2D eigenvalue weighted by Gasteiger charge is -2.35. The zero-order valence-corrected chi connectivity index (χ0v) is 17.2. The number of nitrogens with zero attached hydrogens (tertiary/aromatic N) is 3. The van der Waals surface area contributed by atoms with Gasteiger partial charge < -0.3 is 14.4 Å². The van der Waals surface area contributed by atoms with Crippen molar-refractivity contribution in [1.29, 1.82) is 0 Å². The Kier molecular flexibility index (Phi) is 7.56. The van der Waals surface area contributed by atoms with E-state index in [9.17, 15) is 18.0 Å². The van der Waals surface area contributed by atoms with E-state index in [1.54, 1.807) is 18.2 Å². The van der Waals surface area contributed by atoms with Gasteiger partial charge >= 0.3 is 12.3 Å². The van der Waals surface area contributed by atoms with Crippen LogP contribution in [0.3, 0.4) is 0 Å². The van der Waals surface area contributed by atoms with Crippen LogP contribution in [0.25, 0.3) is 0 Å². The number of halogens is 3. The van der Waals surface area contributed by atoms with Gasteiger partial charge in [0.1, 0.15) is 18.2 Å². The first kappa shape index (κ1) is 22.7. The van der Waals surface area contributed by atoms with Gasteiger partial charge in [-0.05, 0) is 31.2 Å². The number of hydrogen-bond acceptors (Lipinski definition) is 6. The number of hydrogen-bond donors (Lipinski definition) is 1. The fraction of sp³-hybridized carbons (Fsp3) is 0.429. The summed E-state index contributed by atoms with van der Waals surface area (Å²) in [6.45, 7) is 5.43. The van der Waals surface area contributed by atoms with Gasteiger partial charge in [0.25, 0.3) is 0 Å². The van der Waals surface area contributed by atoms with Crippen molar-refractivity contribution in [3.05, 3.63) is 48.2 Å². The van der Waals surface area contributed by atoms with E-state index in [4.69, 9.17) is 9.47 Å². The average Bonchev–Trinajstić information content (AvgIpc) is 2.75. The lowest BCUT2D eigenvalue weighted by molar-refractivity contribution is -0.137. The molecule has 7 nitrogen and oxygen atoms in total. The molecule has 10 heteroatoms. The van der Waals surface area contributed by atoms with E-state index in [0.29, 0.717) is 56.6 Å². The van der Waals surface area contributed by atoms with E-state index in [-0.39, 0.29) is 6.61 Å². The van der Waals surface area contributed by atoms with Crippen LogP contribution in [0.1, 0.15) is 12.5 Å². The number of pyridine rings is 1. The van der Waals surface area contributed by atoms with Gasteiger partial charge in [0.15, 0.2) is 0 Å². The molecule has 1 fully saturated rings. The molecule has 1 amide bonds. The highest BCUT2D eigenvalue weighted by Gasteiger charge is 2.31. The zero-order chi connectivity index (χ0) is 22.3. The normalized spacial score (nSPS) is 14.9. The lowest BCUT2D eigenvalue weighted by atomic mass is 10.2. The molecule has 2 aromatic rings. The van der Waals surface area contributed by atoms with Gasteiger partial charge in [-0.1, -0.05) is 12.1 Å². The summed E-state index contributed by atoms with van der Waals surface area (Å²) >= 11 is 0. The standard InChI is InChI=1S/C21H25F3N4O3/c1-2-30-18-6-4-3-5-17(18)26-20(29)31-14-13-27-9-11-28(12-10-27)19-15-16(7-8-25-19)21(22,23)24/h3-8,15H,2,9-14H2,1H3,(H,26,29). The molecule has 1 aliphatic rings. The number of rotatable bonds is 7. The second-order valence-electron chi connectivity index (χ2n) is 6.92. The van der Waals surface area contributed by atoms with Crippen molar-refractivity contribution in [2.45, 2.75) is 13.1 Å². The predicted octanol–water partition coefficient (Wildman–Crippen LogP) is 3.87. The number of piperazine rings is 1. The van der Waals surface area contributed by atoms with E-state index in [1.165, 1.54) is 6.20 Å². The minimum Gasteiger partial charge on any atom is -0.492 e. The summed E-state index contributed by atoms with van der Waals surface area (Å²) < 4.78 is 49.4. The van der Waals surface area contributed by atoms with Crippen LogP contribution in [-0.4, -0.2) is 61.9 Å². The molecule has 168 valence electrons. The Morgan fingerprint density at radius 1 is 1.16 bits per heavy atom. The molecular weight excluding hydrogens is 413 g/mol. The molecule has 0 aliphatic carbocycles. The molecular formula is C21H25F3N4O3. The van der Waals surface area contributed by atoms with Crippen molar-refractivity contribution in [1.82, 2.24) is 9.88 Å². The number of anilines is 2. The third kappa shape index (κ3) is 6.48. The van der Waals surface area contributed by atoms with Crippen molar-refractivity contribution in [2.75, 3.05) is 56.2 Å².